The molecule has 1 saturated carbocycles. The van der Waals surface area contributed by atoms with Gasteiger partial charge in [0.1, 0.15) is 16.5 Å². The second-order valence-electron chi connectivity index (χ2n) is 15.4. The number of aryl methyl sites for hydroxylation is 1. The normalized spacial score (nSPS) is 16.4. The van der Waals surface area contributed by atoms with Crippen LogP contribution in [-0.4, -0.2) is 47.9 Å². The zero-order chi connectivity index (χ0) is 38.4. The van der Waals surface area contributed by atoms with E-state index in [0.717, 1.165) is 78.6 Å². The third-order valence-electron chi connectivity index (χ3n) is 12.2. The van der Waals surface area contributed by atoms with E-state index in [-0.39, 0.29) is 16.7 Å². The molecule has 0 spiro atoms. The summed E-state index contributed by atoms with van der Waals surface area (Å²) in [6.07, 6.45) is 10.6. The molecule has 1 saturated heterocycles. The number of nitrogens with two attached hydrogens (primary N) is 1. The standard InChI is InChI=1S/C46H55N5O3S/c1-3-35-29-31-50(32-30-35)45(52)42(49-55(53,54)43-28-15-25-40(44(43)47)36-17-13-14-18-36)27-16-26-41-34(2)51(33-48-41)46(37-19-7-4-8-20-37,38-21-9-5-10-22-38)39-23-11-6-12-24-39/h4-12,15,19-25,28,33,35-36,42,49H,3,13-14,16-18,26-27,29-32,47H2,1-2H3/t42-/m0/s1. The summed E-state index contributed by atoms with van der Waals surface area (Å²) >= 11 is 0. The highest BCUT2D eigenvalue weighted by atomic mass is 32.2. The molecular weight excluding hydrogens is 703 g/mol. The largest absolute Gasteiger partial charge is 0.397 e. The number of anilines is 1. The molecule has 9 heteroatoms. The van der Waals surface area contributed by atoms with Gasteiger partial charge in [-0.25, -0.2) is 13.4 Å². The van der Waals surface area contributed by atoms with Crippen LogP contribution < -0.4 is 10.5 Å². The van der Waals surface area contributed by atoms with Crippen molar-refractivity contribution in [2.75, 3.05) is 18.8 Å². The molecule has 2 fully saturated rings. The number of para-hydroxylation sites is 1. The molecule has 55 heavy (non-hydrogen) atoms. The van der Waals surface area contributed by atoms with Gasteiger partial charge in [-0.3, -0.25) is 4.79 Å². The molecule has 8 nitrogen and oxygen atoms in total. The molecule has 3 N–H and O–H groups in total. The first kappa shape index (κ1) is 38.5. The van der Waals surface area contributed by atoms with Crippen molar-refractivity contribution in [2.24, 2.45) is 5.92 Å². The number of carbonyl (C=O) groups excluding carboxylic acids is 1. The van der Waals surface area contributed by atoms with Crippen LogP contribution in [-0.2, 0) is 26.8 Å². The summed E-state index contributed by atoms with van der Waals surface area (Å²) in [7, 11) is -4.09. The van der Waals surface area contributed by atoms with Gasteiger partial charge in [0.15, 0.2) is 0 Å². The number of likely N-dealkylation sites (tertiary alicyclic amines) is 1. The molecule has 288 valence electrons. The zero-order valence-corrected chi connectivity index (χ0v) is 33.1. The summed E-state index contributed by atoms with van der Waals surface area (Å²) in [5, 5.41) is 0. The number of nitrogen functional groups attached to an aromatic ring is 1. The first-order chi connectivity index (χ1) is 26.7. The topological polar surface area (TPSA) is 110 Å². The number of aromatic nitrogens is 2. The summed E-state index contributed by atoms with van der Waals surface area (Å²) in [4.78, 5) is 21.1. The lowest BCUT2D eigenvalue weighted by Gasteiger charge is -2.38. The van der Waals surface area contributed by atoms with Gasteiger partial charge in [0.05, 0.1) is 17.7 Å². The maximum absolute atomic E-state index is 14.2. The van der Waals surface area contributed by atoms with Crippen LogP contribution in [0.1, 0.15) is 104 Å². The Labute approximate surface area is 327 Å². The minimum atomic E-state index is -4.09. The van der Waals surface area contributed by atoms with Crippen molar-refractivity contribution in [3.63, 3.8) is 0 Å². The lowest BCUT2D eigenvalue weighted by atomic mass is 9.76. The fourth-order valence-electron chi connectivity index (χ4n) is 9.11. The van der Waals surface area contributed by atoms with E-state index >= 15 is 0 Å². The van der Waals surface area contributed by atoms with Crippen LogP contribution in [0.2, 0.25) is 0 Å². The van der Waals surface area contributed by atoms with Crippen molar-refractivity contribution in [3.8, 4) is 0 Å². The number of amides is 1. The lowest BCUT2D eigenvalue weighted by Crippen LogP contribution is -2.50. The fraction of sp³-hybridized carbons (Fsp3) is 0.391. The maximum atomic E-state index is 14.2. The summed E-state index contributed by atoms with van der Waals surface area (Å²) in [5.41, 5.74) is 12.4. The van der Waals surface area contributed by atoms with Gasteiger partial charge in [0.2, 0.25) is 15.9 Å². The molecule has 1 aliphatic heterocycles. The van der Waals surface area contributed by atoms with Crippen LogP contribution in [0.5, 0.6) is 0 Å². The molecule has 0 unspecified atom stereocenters. The Morgan fingerprint density at radius 2 is 1.40 bits per heavy atom. The summed E-state index contributed by atoms with van der Waals surface area (Å²) in [6.45, 7) is 5.57. The Morgan fingerprint density at radius 1 is 0.836 bits per heavy atom. The molecule has 4 aromatic carbocycles. The zero-order valence-electron chi connectivity index (χ0n) is 32.2. The van der Waals surface area contributed by atoms with E-state index in [0.29, 0.717) is 44.0 Å². The molecule has 2 heterocycles. The Hall–Kier alpha value is -4.73. The number of rotatable bonds is 14. The summed E-state index contributed by atoms with van der Waals surface area (Å²) in [5.74, 6) is 0.687. The van der Waals surface area contributed by atoms with E-state index in [4.69, 9.17) is 10.7 Å². The van der Waals surface area contributed by atoms with Crippen LogP contribution in [0, 0.1) is 12.8 Å². The molecular formula is C46H55N5O3S. The second-order valence-corrected chi connectivity index (χ2v) is 17.1. The van der Waals surface area contributed by atoms with Gasteiger partial charge in [0, 0.05) is 18.8 Å². The molecule has 5 aromatic rings. The average molecular weight is 758 g/mol. The fourth-order valence-corrected chi connectivity index (χ4v) is 10.5. The van der Waals surface area contributed by atoms with E-state index < -0.39 is 21.6 Å². The number of carbonyl (C=O) groups is 1. The van der Waals surface area contributed by atoms with Crippen LogP contribution in [0.25, 0.3) is 0 Å². The first-order valence-electron chi connectivity index (χ1n) is 20.1. The van der Waals surface area contributed by atoms with Crippen LogP contribution in [0.15, 0.2) is 120 Å². The third kappa shape index (κ3) is 7.87. The van der Waals surface area contributed by atoms with Crippen molar-refractivity contribution < 1.29 is 13.2 Å². The minimum absolute atomic E-state index is 0.0630. The third-order valence-corrected chi connectivity index (χ3v) is 13.8. The maximum Gasteiger partial charge on any atom is 0.243 e. The summed E-state index contributed by atoms with van der Waals surface area (Å²) < 4.78 is 33.4. The second kappa shape index (κ2) is 17.0. The van der Waals surface area contributed by atoms with Gasteiger partial charge in [-0.05, 0) is 92.0 Å². The van der Waals surface area contributed by atoms with Crippen LogP contribution in [0.3, 0.4) is 0 Å². The predicted molar refractivity (Wildman–Crippen MR) is 220 cm³/mol. The van der Waals surface area contributed by atoms with Crippen LogP contribution >= 0.6 is 0 Å². The van der Waals surface area contributed by atoms with E-state index in [2.05, 4.69) is 95.9 Å². The number of hydrogen-bond acceptors (Lipinski definition) is 5. The molecule has 0 bridgehead atoms. The average Bonchev–Trinajstić information content (AvgIpc) is 3.89. The number of piperidine rings is 1. The van der Waals surface area contributed by atoms with Crippen molar-refractivity contribution in [2.45, 2.75) is 100 Å². The smallest absolute Gasteiger partial charge is 0.243 e. The Morgan fingerprint density at radius 3 is 1.95 bits per heavy atom. The quantitative estimate of drug-likeness (QED) is 0.0872. The highest BCUT2D eigenvalue weighted by Crippen LogP contribution is 2.42. The molecule has 0 radical (unpaired) electrons. The minimum Gasteiger partial charge on any atom is -0.397 e. The van der Waals surface area contributed by atoms with Gasteiger partial charge >= 0.3 is 0 Å². The number of sulfonamides is 1. The first-order valence-corrected chi connectivity index (χ1v) is 21.6. The number of imidazole rings is 1. The van der Waals surface area contributed by atoms with Gasteiger partial charge in [-0.1, -0.05) is 129 Å². The van der Waals surface area contributed by atoms with Crippen LogP contribution in [0.4, 0.5) is 5.69 Å². The number of nitrogens with one attached hydrogen (secondary N) is 1. The van der Waals surface area contributed by atoms with E-state index in [9.17, 15) is 13.2 Å². The van der Waals surface area contributed by atoms with Gasteiger partial charge < -0.3 is 15.2 Å². The molecule has 1 aromatic heterocycles. The molecule has 2 aliphatic rings. The van der Waals surface area contributed by atoms with E-state index in [1.165, 1.54) is 0 Å². The van der Waals surface area contributed by atoms with E-state index in [1.54, 1.807) is 12.1 Å². The molecule has 1 aliphatic carbocycles. The molecule has 1 atom stereocenters. The molecule has 1 amide bonds. The van der Waals surface area contributed by atoms with Gasteiger partial charge in [0.25, 0.3) is 0 Å². The van der Waals surface area contributed by atoms with E-state index in [1.807, 2.05) is 35.5 Å². The van der Waals surface area contributed by atoms with Gasteiger partial charge in [-0.15, -0.1) is 0 Å². The van der Waals surface area contributed by atoms with Gasteiger partial charge in [-0.2, -0.15) is 4.72 Å². The SMILES string of the molecule is CCC1CCN(C(=O)[C@H](CCCc2ncn(C(c3ccccc3)(c3ccccc3)c3ccccc3)c2C)NS(=O)(=O)c2cccc(C3CCCC3)c2N)CC1. The molecule has 7 rings (SSSR count). The number of nitrogens with zero attached hydrogens (tertiary/aromatic N) is 3. The summed E-state index contributed by atoms with van der Waals surface area (Å²) in [6, 6.07) is 35.9. The Balaban J connectivity index is 1.18. The lowest BCUT2D eigenvalue weighted by molar-refractivity contribution is -0.134. The van der Waals surface area contributed by atoms with Crippen molar-refractivity contribution in [1.82, 2.24) is 19.2 Å². The predicted octanol–water partition coefficient (Wildman–Crippen LogP) is 8.59. The van der Waals surface area contributed by atoms with Crippen molar-refractivity contribution in [3.05, 3.63) is 149 Å². The van der Waals surface area contributed by atoms with Crippen molar-refractivity contribution in [1.29, 1.82) is 0 Å². The number of hydrogen-bond donors (Lipinski definition) is 2. The monoisotopic (exact) mass is 757 g/mol. The van der Waals surface area contributed by atoms with Crippen molar-refractivity contribution >= 4 is 21.6 Å². The Bertz CT molecular complexity index is 2040. The number of benzene rings is 4. The highest BCUT2D eigenvalue weighted by molar-refractivity contribution is 7.89. The highest BCUT2D eigenvalue weighted by Gasteiger charge is 2.40. The Kier molecular flexibility index (Phi) is 11.9.